The third-order valence-electron chi connectivity index (χ3n) is 4.32. The summed E-state index contributed by atoms with van der Waals surface area (Å²) in [5.74, 6) is 0. The van der Waals surface area contributed by atoms with Crippen LogP contribution < -0.4 is 5.32 Å². The van der Waals surface area contributed by atoms with E-state index in [1.165, 1.54) is 10.4 Å². The first-order valence-electron chi connectivity index (χ1n) is 7.01. The Labute approximate surface area is 116 Å². The van der Waals surface area contributed by atoms with E-state index < -0.39 is 0 Å². The summed E-state index contributed by atoms with van der Waals surface area (Å²) in [7, 11) is 2.08. The van der Waals surface area contributed by atoms with Crippen molar-refractivity contribution in [3.8, 4) is 0 Å². The van der Waals surface area contributed by atoms with E-state index in [0.29, 0.717) is 6.04 Å². The molecule has 0 bridgehead atoms. The van der Waals surface area contributed by atoms with Crippen LogP contribution in [0.3, 0.4) is 0 Å². The second-order valence-electron chi connectivity index (χ2n) is 5.04. The highest BCUT2D eigenvalue weighted by Gasteiger charge is 2.37. The Bertz CT molecular complexity index is 357. The Morgan fingerprint density at radius 1 is 1.33 bits per heavy atom. The Morgan fingerprint density at radius 3 is 2.28 bits per heavy atom. The highest BCUT2D eigenvalue weighted by molar-refractivity contribution is 7.10. The van der Waals surface area contributed by atoms with Gasteiger partial charge in [-0.05, 0) is 57.4 Å². The number of hydrogen-bond donors (Lipinski definition) is 1. The van der Waals surface area contributed by atoms with E-state index in [4.69, 9.17) is 0 Å². The fourth-order valence-corrected chi connectivity index (χ4v) is 3.79. The number of nitrogens with zero attached hydrogens (tertiary/aromatic N) is 1. The maximum Gasteiger partial charge on any atom is 0.0512 e. The fourth-order valence-electron chi connectivity index (χ4n) is 3.05. The molecule has 0 radical (unpaired) electrons. The first-order valence-corrected chi connectivity index (χ1v) is 7.89. The molecular weight excluding hydrogens is 240 g/mol. The molecule has 2 unspecified atom stereocenters. The average Bonchev–Trinajstić information content (AvgIpc) is 2.78. The van der Waals surface area contributed by atoms with Crippen molar-refractivity contribution in [3.05, 3.63) is 21.9 Å². The molecule has 1 heterocycles. The number of likely N-dealkylation sites (N-methyl/N-ethyl adjacent to an activating group) is 2. The lowest BCUT2D eigenvalue weighted by Crippen LogP contribution is -2.53. The maximum atomic E-state index is 3.55. The molecular formula is C15H28N2S. The van der Waals surface area contributed by atoms with Crippen molar-refractivity contribution in [2.45, 2.75) is 52.6 Å². The van der Waals surface area contributed by atoms with Gasteiger partial charge in [0.25, 0.3) is 0 Å². The lowest BCUT2D eigenvalue weighted by Gasteiger charge is -2.46. The summed E-state index contributed by atoms with van der Waals surface area (Å²) in [5, 5.41) is 5.75. The molecule has 0 aliphatic rings. The van der Waals surface area contributed by atoms with E-state index >= 15 is 0 Å². The molecule has 1 rings (SSSR count). The molecule has 0 saturated carbocycles. The number of nitrogens with one attached hydrogen (secondary N) is 1. The van der Waals surface area contributed by atoms with E-state index in [1.54, 1.807) is 0 Å². The van der Waals surface area contributed by atoms with Gasteiger partial charge in [0, 0.05) is 10.4 Å². The van der Waals surface area contributed by atoms with Crippen LogP contribution in [0.25, 0.3) is 0 Å². The molecule has 1 aromatic heterocycles. The lowest BCUT2D eigenvalue weighted by atomic mass is 9.83. The lowest BCUT2D eigenvalue weighted by molar-refractivity contribution is 0.0728. The zero-order chi connectivity index (χ0) is 13.8. The third-order valence-corrected chi connectivity index (χ3v) is 5.18. The molecule has 0 aromatic carbocycles. The predicted molar refractivity (Wildman–Crippen MR) is 82.5 cm³/mol. The molecule has 2 atom stereocenters. The second-order valence-corrected chi connectivity index (χ2v) is 6.16. The minimum atomic E-state index is 0.171. The number of thiophene rings is 1. The van der Waals surface area contributed by atoms with E-state index in [2.05, 4.69) is 63.3 Å². The van der Waals surface area contributed by atoms with Gasteiger partial charge in [-0.1, -0.05) is 20.8 Å². The van der Waals surface area contributed by atoms with Crippen LogP contribution in [0.4, 0.5) is 0 Å². The third kappa shape index (κ3) is 2.79. The van der Waals surface area contributed by atoms with Crippen molar-refractivity contribution in [1.29, 1.82) is 0 Å². The summed E-state index contributed by atoms with van der Waals surface area (Å²) >= 11 is 1.84. The van der Waals surface area contributed by atoms with Crippen LogP contribution in [0.15, 0.2) is 11.4 Å². The van der Waals surface area contributed by atoms with Crippen molar-refractivity contribution in [2.24, 2.45) is 0 Å². The van der Waals surface area contributed by atoms with Crippen LogP contribution in [0.5, 0.6) is 0 Å². The summed E-state index contributed by atoms with van der Waals surface area (Å²) in [6, 6.07) is 2.67. The van der Waals surface area contributed by atoms with Gasteiger partial charge >= 0.3 is 0 Å². The molecule has 0 aliphatic heterocycles. The van der Waals surface area contributed by atoms with Crippen molar-refractivity contribution in [2.75, 3.05) is 20.1 Å². The van der Waals surface area contributed by atoms with Gasteiger partial charge in [-0.3, -0.25) is 4.90 Å². The number of rotatable bonds is 7. The van der Waals surface area contributed by atoms with E-state index in [9.17, 15) is 0 Å². The largest absolute Gasteiger partial charge is 0.311 e. The van der Waals surface area contributed by atoms with Gasteiger partial charge in [0.15, 0.2) is 0 Å². The summed E-state index contributed by atoms with van der Waals surface area (Å²) in [6.45, 7) is 13.6. The molecule has 1 N–H and O–H groups in total. The topological polar surface area (TPSA) is 15.3 Å². The van der Waals surface area contributed by atoms with Crippen molar-refractivity contribution in [1.82, 2.24) is 10.2 Å². The smallest absolute Gasteiger partial charge is 0.0512 e. The number of aryl methyl sites for hydroxylation is 1. The molecule has 0 amide bonds. The van der Waals surface area contributed by atoms with Gasteiger partial charge in [-0.2, -0.15) is 0 Å². The minimum Gasteiger partial charge on any atom is -0.311 e. The molecule has 104 valence electrons. The summed E-state index contributed by atoms with van der Waals surface area (Å²) in [6.07, 6.45) is 1.15. The minimum absolute atomic E-state index is 0.171. The molecule has 0 fully saturated rings. The molecule has 0 spiro atoms. The first-order chi connectivity index (χ1) is 8.54. The van der Waals surface area contributed by atoms with Crippen LogP contribution in [0.1, 0.15) is 50.6 Å². The maximum absolute atomic E-state index is 3.55. The highest BCUT2D eigenvalue weighted by Crippen LogP contribution is 2.36. The molecule has 3 heteroatoms. The Balaban J connectivity index is 3.14. The quantitative estimate of drug-likeness (QED) is 0.808. The fraction of sp³-hybridized carbons (Fsp3) is 0.733. The normalized spacial score (nSPS) is 16.8. The monoisotopic (exact) mass is 268 g/mol. The molecule has 2 nitrogen and oxygen atoms in total. The zero-order valence-electron chi connectivity index (χ0n) is 12.7. The Kier molecular flexibility index (Phi) is 5.83. The average molecular weight is 268 g/mol. The van der Waals surface area contributed by atoms with Crippen molar-refractivity contribution < 1.29 is 0 Å². The van der Waals surface area contributed by atoms with E-state index in [-0.39, 0.29) is 5.54 Å². The van der Waals surface area contributed by atoms with Crippen LogP contribution in [0, 0.1) is 6.92 Å². The van der Waals surface area contributed by atoms with Gasteiger partial charge in [0.1, 0.15) is 0 Å². The standard InChI is InChI=1S/C15H28N2S/c1-7-15(5,17(8-2)9-3)14(16-6)13-10-11-18-12(13)4/h10-11,14,16H,7-9H2,1-6H3. The predicted octanol–water partition coefficient (Wildman–Crippen LogP) is 3.83. The van der Waals surface area contributed by atoms with Gasteiger partial charge in [0.2, 0.25) is 0 Å². The zero-order valence-corrected chi connectivity index (χ0v) is 13.5. The number of hydrogen-bond acceptors (Lipinski definition) is 3. The van der Waals surface area contributed by atoms with Crippen molar-refractivity contribution in [3.63, 3.8) is 0 Å². The van der Waals surface area contributed by atoms with Crippen LogP contribution in [-0.2, 0) is 0 Å². The molecule has 18 heavy (non-hydrogen) atoms. The van der Waals surface area contributed by atoms with Crippen LogP contribution in [0.2, 0.25) is 0 Å². The van der Waals surface area contributed by atoms with Crippen LogP contribution >= 0.6 is 11.3 Å². The molecule has 0 saturated heterocycles. The van der Waals surface area contributed by atoms with Gasteiger partial charge in [-0.25, -0.2) is 0 Å². The van der Waals surface area contributed by atoms with E-state index in [0.717, 1.165) is 19.5 Å². The summed E-state index contributed by atoms with van der Waals surface area (Å²) < 4.78 is 0. The second kappa shape index (κ2) is 6.69. The van der Waals surface area contributed by atoms with Crippen molar-refractivity contribution >= 4 is 11.3 Å². The van der Waals surface area contributed by atoms with E-state index in [1.807, 2.05) is 11.3 Å². The van der Waals surface area contributed by atoms with Crippen LogP contribution in [-0.4, -0.2) is 30.6 Å². The summed E-state index contributed by atoms with van der Waals surface area (Å²) in [5.41, 5.74) is 1.63. The highest BCUT2D eigenvalue weighted by atomic mass is 32.1. The van der Waals surface area contributed by atoms with Gasteiger partial charge < -0.3 is 5.32 Å². The summed E-state index contributed by atoms with van der Waals surface area (Å²) in [4.78, 5) is 4.01. The molecule has 0 aliphatic carbocycles. The molecule has 1 aromatic rings. The first kappa shape index (κ1) is 15.7. The van der Waals surface area contributed by atoms with Gasteiger partial charge in [0.05, 0.1) is 6.04 Å². The Hall–Kier alpha value is -0.380. The SMILES string of the molecule is CCN(CC)C(C)(CC)C(NC)c1ccsc1C. The Morgan fingerprint density at radius 2 is 1.94 bits per heavy atom. The van der Waals surface area contributed by atoms with Gasteiger partial charge in [-0.15, -0.1) is 11.3 Å².